The Hall–Kier alpha value is -1.37. The third-order valence-corrected chi connectivity index (χ3v) is 5.25. The zero-order valence-electron chi connectivity index (χ0n) is 11.2. The molecule has 1 fully saturated rings. The summed E-state index contributed by atoms with van der Waals surface area (Å²) >= 11 is 0. The minimum Gasteiger partial charge on any atom is -0.475 e. The van der Waals surface area contributed by atoms with Crippen LogP contribution in [-0.4, -0.2) is 42.0 Å². The Kier molecular flexibility index (Phi) is 4.24. The molecule has 1 N–H and O–H groups in total. The van der Waals surface area contributed by atoms with Crippen molar-refractivity contribution in [3.63, 3.8) is 0 Å². The largest absolute Gasteiger partial charge is 0.475 e. The van der Waals surface area contributed by atoms with Crippen molar-refractivity contribution in [3.05, 3.63) is 12.4 Å². The number of aromatic nitrogens is 2. The first-order valence-electron chi connectivity index (χ1n) is 6.41. The van der Waals surface area contributed by atoms with E-state index in [1.54, 1.807) is 6.07 Å². The lowest BCUT2D eigenvalue weighted by atomic mass is 10.2. The maximum absolute atomic E-state index is 11.7. The Morgan fingerprint density at radius 3 is 2.89 bits per heavy atom. The Labute approximate surface area is 113 Å². The normalized spacial score (nSPS) is 21.5. The molecule has 1 aliphatic heterocycles. The van der Waals surface area contributed by atoms with Crippen LogP contribution in [0.25, 0.3) is 0 Å². The summed E-state index contributed by atoms with van der Waals surface area (Å²) in [7, 11) is -2.92. The minimum absolute atomic E-state index is 0.0398. The van der Waals surface area contributed by atoms with Gasteiger partial charge in [0.05, 0.1) is 17.1 Å². The predicted octanol–water partition coefficient (Wildman–Crippen LogP) is 1.25. The molecular weight excluding hydrogens is 266 g/mol. The number of nitrogens with one attached hydrogen (secondary N) is 1. The summed E-state index contributed by atoms with van der Waals surface area (Å²) in [5.41, 5.74) is 0. The number of anilines is 1. The Morgan fingerprint density at radius 2 is 2.26 bits per heavy atom. The van der Waals surface area contributed by atoms with Crippen LogP contribution in [0.15, 0.2) is 12.4 Å². The molecule has 1 saturated heterocycles. The molecule has 0 bridgehead atoms. The summed E-state index contributed by atoms with van der Waals surface area (Å²) < 4.78 is 28.9. The van der Waals surface area contributed by atoms with E-state index in [0.717, 1.165) is 12.8 Å². The van der Waals surface area contributed by atoms with Crippen molar-refractivity contribution >= 4 is 15.7 Å². The molecule has 1 atom stereocenters. The molecule has 1 aromatic rings. The van der Waals surface area contributed by atoms with Crippen molar-refractivity contribution in [3.8, 4) is 5.88 Å². The van der Waals surface area contributed by atoms with Crippen LogP contribution >= 0.6 is 0 Å². The van der Waals surface area contributed by atoms with E-state index >= 15 is 0 Å². The molecule has 1 unspecified atom stereocenters. The van der Waals surface area contributed by atoms with Gasteiger partial charge in [0.15, 0.2) is 9.84 Å². The summed E-state index contributed by atoms with van der Waals surface area (Å²) in [4.78, 5) is 8.05. The van der Waals surface area contributed by atoms with Crippen LogP contribution in [0.5, 0.6) is 5.88 Å². The van der Waals surface area contributed by atoms with E-state index in [-0.39, 0.29) is 11.4 Å². The van der Waals surface area contributed by atoms with E-state index in [2.05, 4.69) is 15.3 Å². The lowest BCUT2D eigenvalue weighted by Crippen LogP contribution is -2.25. The van der Waals surface area contributed by atoms with Gasteiger partial charge in [-0.25, -0.2) is 18.4 Å². The maximum atomic E-state index is 11.7. The van der Waals surface area contributed by atoms with E-state index < -0.39 is 9.84 Å². The minimum atomic E-state index is -2.92. The van der Waals surface area contributed by atoms with Crippen LogP contribution in [0.3, 0.4) is 0 Å². The smallest absolute Gasteiger partial charge is 0.218 e. The third-order valence-electron chi connectivity index (χ3n) is 2.97. The molecule has 1 aliphatic rings. The molecule has 1 aromatic heterocycles. The predicted molar refractivity (Wildman–Crippen MR) is 73.1 cm³/mol. The molecule has 106 valence electrons. The molecule has 0 spiro atoms. The van der Waals surface area contributed by atoms with Crippen molar-refractivity contribution in [1.29, 1.82) is 0 Å². The standard InChI is InChI=1S/C12H19N3O3S/c1-9(2)18-12-6-11(14-8-15-12)13-7-10-4-3-5-19(10,16)17/h6,8-10H,3-5,7H2,1-2H3,(H,13,14,15). The topological polar surface area (TPSA) is 81.2 Å². The lowest BCUT2D eigenvalue weighted by Gasteiger charge is -2.12. The van der Waals surface area contributed by atoms with Crippen LogP contribution in [0, 0.1) is 0 Å². The molecule has 19 heavy (non-hydrogen) atoms. The van der Waals surface area contributed by atoms with Gasteiger partial charge in [-0.3, -0.25) is 0 Å². The first-order chi connectivity index (χ1) is 8.97. The van der Waals surface area contributed by atoms with E-state index in [4.69, 9.17) is 4.74 Å². The van der Waals surface area contributed by atoms with E-state index in [0.29, 0.717) is 24.0 Å². The maximum Gasteiger partial charge on any atom is 0.218 e. The fourth-order valence-corrected chi connectivity index (χ4v) is 3.81. The SMILES string of the molecule is CC(C)Oc1cc(NCC2CCCS2(=O)=O)ncn1. The zero-order valence-corrected chi connectivity index (χ0v) is 12.0. The van der Waals surface area contributed by atoms with Gasteiger partial charge in [0, 0.05) is 12.6 Å². The fourth-order valence-electron chi connectivity index (χ4n) is 2.05. The van der Waals surface area contributed by atoms with E-state index in [1.807, 2.05) is 13.8 Å². The summed E-state index contributed by atoms with van der Waals surface area (Å²) in [5, 5.41) is 2.74. The van der Waals surface area contributed by atoms with Crippen molar-refractivity contribution < 1.29 is 13.2 Å². The van der Waals surface area contributed by atoms with Crippen LogP contribution in [0.2, 0.25) is 0 Å². The van der Waals surface area contributed by atoms with Gasteiger partial charge in [0.25, 0.3) is 0 Å². The third kappa shape index (κ3) is 3.79. The lowest BCUT2D eigenvalue weighted by molar-refractivity contribution is 0.232. The zero-order chi connectivity index (χ0) is 13.9. The van der Waals surface area contributed by atoms with E-state index in [1.165, 1.54) is 6.33 Å². The van der Waals surface area contributed by atoms with Gasteiger partial charge in [0.2, 0.25) is 5.88 Å². The second-order valence-electron chi connectivity index (χ2n) is 4.92. The Bertz CT molecular complexity index is 531. The molecular formula is C12H19N3O3S. The summed E-state index contributed by atoms with van der Waals surface area (Å²) in [6, 6.07) is 1.68. The average molecular weight is 285 g/mol. The van der Waals surface area contributed by atoms with Gasteiger partial charge in [-0.05, 0) is 26.7 Å². The van der Waals surface area contributed by atoms with Crippen molar-refractivity contribution in [1.82, 2.24) is 9.97 Å². The summed E-state index contributed by atoms with van der Waals surface area (Å²) in [5.74, 6) is 1.37. The van der Waals surface area contributed by atoms with Crippen molar-refractivity contribution in [2.45, 2.75) is 38.0 Å². The number of sulfone groups is 1. The first-order valence-corrected chi connectivity index (χ1v) is 8.13. The molecule has 2 heterocycles. The number of ether oxygens (including phenoxy) is 1. The molecule has 0 saturated carbocycles. The monoisotopic (exact) mass is 285 g/mol. The van der Waals surface area contributed by atoms with Crippen LogP contribution in [0.4, 0.5) is 5.82 Å². The van der Waals surface area contributed by atoms with Gasteiger partial charge >= 0.3 is 0 Å². The highest BCUT2D eigenvalue weighted by Crippen LogP contribution is 2.20. The quantitative estimate of drug-likeness (QED) is 0.877. The fraction of sp³-hybridized carbons (Fsp3) is 0.667. The average Bonchev–Trinajstić information content (AvgIpc) is 2.65. The van der Waals surface area contributed by atoms with Crippen molar-refractivity contribution in [2.24, 2.45) is 0 Å². The highest BCUT2D eigenvalue weighted by atomic mass is 32.2. The highest BCUT2D eigenvalue weighted by Gasteiger charge is 2.30. The summed E-state index contributed by atoms with van der Waals surface area (Å²) in [6.07, 6.45) is 2.91. The van der Waals surface area contributed by atoms with Crippen LogP contribution in [0.1, 0.15) is 26.7 Å². The van der Waals surface area contributed by atoms with Gasteiger partial charge in [0.1, 0.15) is 12.1 Å². The molecule has 0 aliphatic carbocycles. The molecule has 7 heteroatoms. The highest BCUT2D eigenvalue weighted by molar-refractivity contribution is 7.92. The Morgan fingerprint density at radius 1 is 1.47 bits per heavy atom. The van der Waals surface area contributed by atoms with E-state index in [9.17, 15) is 8.42 Å². The van der Waals surface area contributed by atoms with Gasteiger partial charge < -0.3 is 10.1 Å². The Balaban J connectivity index is 1.96. The molecule has 0 radical (unpaired) electrons. The van der Waals surface area contributed by atoms with Crippen molar-refractivity contribution in [2.75, 3.05) is 17.6 Å². The molecule has 0 aromatic carbocycles. The van der Waals surface area contributed by atoms with Gasteiger partial charge in [-0.1, -0.05) is 0 Å². The first kappa shape index (κ1) is 14.0. The number of hydrogen-bond acceptors (Lipinski definition) is 6. The van der Waals surface area contributed by atoms with Gasteiger partial charge in [-0.2, -0.15) is 0 Å². The van der Waals surface area contributed by atoms with Crippen LogP contribution in [-0.2, 0) is 9.84 Å². The number of hydrogen-bond donors (Lipinski definition) is 1. The summed E-state index contributed by atoms with van der Waals surface area (Å²) in [6.45, 7) is 4.22. The number of rotatable bonds is 5. The molecule has 0 amide bonds. The van der Waals surface area contributed by atoms with Crippen LogP contribution < -0.4 is 10.1 Å². The molecule has 2 rings (SSSR count). The second-order valence-corrected chi connectivity index (χ2v) is 7.32. The van der Waals surface area contributed by atoms with Gasteiger partial charge in [-0.15, -0.1) is 0 Å². The molecule has 6 nitrogen and oxygen atoms in total. The number of nitrogens with zero attached hydrogens (tertiary/aromatic N) is 2. The second kappa shape index (κ2) is 5.73.